The highest BCUT2D eigenvalue weighted by Crippen LogP contribution is 2.38. The Balaban J connectivity index is 1.80. The zero-order chi connectivity index (χ0) is 17.4. The Bertz CT molecular complexity index is 931. The van der Waals surface area contributed by atoms with Crippen molar-refractivity contribution in [3.05, 3.63) is 65.4 Å². The molecule has 126 valence electrons. The molecule has 2 aromatic carbocycles. The van der Waals surface area contributed by atoms with Gasteiger partial charge in [0, 0.05) is 11.1 Å². The van der Waals surface area contributed by atoms with Crippen LogP contribution in [0.4, 0.5) is 0 Å². The Kier molecular flexibility index (Phi) is 3.65. The predicted octanol–water partition coefficient (Wildman–Crippen LogP) is 2.93. The number of hydrogen-bond acceptors (Lipinski definition) is 4. The van der Waals surface area contributed by atoms with Crippen molar-refractivity contribution in [2.45, 2.75) is 6.04 Å². The second-order valence-corrected chi connectivity index (χ2v) is 5.77. The fourth-order valence-corrected chi connectivity index (χ4v) is 3.12. The lowest BCUT2D eigenvalue weighted by atomic mass is 9.96. The molecule has 0 saturated heterocycles. The van der Waals surface area contributed by atoms with Crippen LogP contribution in [0.2, 0.25) is 0 Å². The van der Waals surface area contributed by atoms with Crippen LogP contribution in [-0.2, 0) is 0 Å². The first-order valence-electron chi connectivity index (χ1n) is 7.88. The van der Waals surface area contributed by atoms with Gasteiger partial charge >= 0.3 is 0 Å². The number of nitrogens with zero attached hydrogens (tertiary/aromatic N) is 1. The molecule has 25 heavy (non-hydrogen) atoms. The van der Waals surface area contributed by atoms with E-state index in [9.17, 15) is 4.79 Å². The monoisotopic (exact) mass is 335 g/mol. The number of amides is 1. The molecule has 4 rings (SSSR count). The fourth-order valence-electron chi connectivity index (χ4n) is 3.12. The molecule has 1 unspecified atom stereocenters. The molecule has 2 heterocycles. The van der Waals surface area contributed by atoms with E-state index in [0.29, 0.717) is 5.69 Å². The maximum absolute atomic E-state index is 12.3. The van der Waals surface area contributed by atoms with Crippen molar-refractivity contribution in [2.75, 3.05) is 14.2 Å². The summed E-state index contributed by atoms with van der Waals surface area (Å²) >= 11 is 0. The molecule has 6 heteroatoms. The minimum Gasteiger partial charge on any atom is -0.497 e. The van der Waals surface area contributed by atoms with Gasteiger partial charge in [-0.05, 0) is 42.0 Å². The number of rotatable bonds is 4. The number of aromatic nitrogens is 2. The number of H-pyrrole nitrogens is 1. The van der Waals surface area contributed by atoms with Crippen molar-refractivity contribution in [1.82, 2.24) is 15.5 Å². The normalized spacial score (nSPS) is 15.6. The van der Waals surface area contributed by atoms with Crippen molar-refractivity contribution in [2.24, 2.45) is 0 Å². The maximum atomic E-state index is 12.3. The number of nitrogens with one attached hydrogen (secondary N) is 2. The topological polar surface area (TPSA) is 76.2 Å². The molecule has 1 aliphatic heterocycles. The molecule has 0 saturated carbocycles. The Morgan fingerprint density at radius 3 is 2.48 bits per heavy atom. The Morgan fingerprint density at radius 2 is 1.76 bits per heavy atom. The summed E-state index contributed by atoms with van der Waals surface area (Å²) in [7, 11) is 3.25. The average Bonchev–Trinajstić information content (AvgIpc) is 3.23. The zero-order valence-electron chi connectivity index (χ0n) is 13.9. The van der Waals surface area contributed by atoms with E-state index >= 15 is 0 Å². The van der Waals surface area contributed by atoms with Crippen molar-refractivity contribution < 1.29 is 14.3 Å². The molecule has 1 aromatic heterocycles. The number of ether oxygens (including phenoxy) is 2. The summed E-state index contributed by atoms with van der Waals surface area (Å²) in [5.41, 5.74) is 3.97. The summed E-state index contributed by atoms with van der Waals surface area (Å²) in [6.45, 7) is 0. The number of aromatic amines is 1. The highest BCUT2D eigenvalue weighted by atomic mass is 16.5. The third-order valence-corrected chi connectivity index (χ3v) is 4.39. The summed E-state index contributed by atoms with van der Waals surface area (Å²) in [6.07, 6.45) is 0. The van der Waals surface area contributed by atoms with E-state index in [1.165, 1.54) is 0 Å². The van der Waals surface area contributed by atoms with Crippen LogP contribution < -0.4 is 14.8 Å². The lowest BCUT2D eigenvalue weighted by Gasteiger charge is -2.14. The van der Waals surface area contributed by atoms with Crippen LogP contribution in [0, 0.1) is 0 Å². The molecule has 0 aliphatic carbocycles. The van der Waals surface area contributed by atoms with Crippen molar-refractivity contribution in [1.29, 1.82) is 0 Å². The van der Waals surface area contributed by atoms with E-state index in [4.69, 9.17) is 9.47 Å². The Labute approximate surface area is 144 Å². The summed E-state index contributed by atoms with van der Waals surface area (Å²) in [4.78, 5) is 12.3. The van der Waals surface area contributed by atoms with E-state index in [-0.39, 0.29) is 11.9 Å². The van der Waals surface area contributed by atoms with Gasteiger partial charge in [-0.2, -0.15) is 5.10 Å². The summed E-state index contributed by atoms with van der Waals surface area (Å²) in [5.74, 6) is 1.36. The van der Waals surface area contributed by atoms with Gasteiger partial charge in [0.15, 0.2) is 0 Å². The smallest absolute Gasteiger partial charge is 0.270 e. The third kappa shape index (κ3) is 2.52. The van der Waals surface area contributed by atoms with Gasteiger partial charge in [-0.25, -0.2) is 0 Å². The van der Waals surface area contributed by atoms with Gasteiger partial charge < -0.3 is 14.8 Å². The quantitative estimate of drug-likeness (QED) is 0.769. The maximum Gasteiger partial charge on any atom is 0.270 e. The van der Waals surface area contributed by atoms with Gasteiger partial charge in [0.1, 0.15) is 17.2 Å². The van der Waals surface area contributed by atoms with Gasteiger partial charge in [-0.1, -0.05) is 12.1 Å². The van der Waals surface area contributed by atoms with Gasteiger partial charge in [-0.15, -0.1) is 0 Å². The molecular formula is C19H17N3O3. The summed E-state index contributed by atoms with van der Waals surface area (Å²) in [6, 6.07) is 15.0. The van der Waals surface area contributed by atoms with Crippen molar-refractivity contribution in [3.63, 3.8) is 0 Å². The number of hydrogen-bond donors (Lipinski definition) is 2. The number of fused-ring (bicyclic) bond motifs is 1. The van der Waals surface area contributed by atoms with Crippen LogP contribution in [-0.4, -0.2) is 30.3 Å². The standard InChI is InChI=1S/C19H17N3O3/c1-24-13-8-6-11(7-9-13)17-15-16(20-19(23)18(15)22-21-17)12-4-3-5-14(10-12)25-2/h3-10,16H,1-2H3,(H,20,23)(H,21,22). The Morgan fingerprint density at radius 1 is 1.00 bits per heavy atom. The molecule has 1 atom stereocenters. The van der Waals surface area contributed by atoms with E-state index in [1.807, 2.05) is 48.5 Å². The molecular weight excluding hydrogens is 318 g/mol. The van der Waals surface area contributed by atoms with Crippen LogP contribution in [0.25, 0.3) is 11.3 Å². The minimum absolute atomic E-state index is 0.157. The van der Waals surface area contributed by atoms with Gasteiger partial charge in [0.25, 0.3) is 5.91 Å². The summed E-state index contributed by atoms with van der Waals surface area (Å²) < 4.78 is 10.5. The van der Waals surface area contributed by atoms with Crippen LogP contribution >= 0.6 is 0 Å². The summed E-state index contributed by atoms with van der Waals surface area (Å²) in [5, 5.41) is 10.3. The second-order valence-electron chi connectivity index (χ2n) is 5.77. The van der Waals surface area contributed by atoms with E-state index < -0.39 is 0 Å². The fraction of sp³-hybridized carbons (Fsp3) is 0.158. The highest BCUT2D eigenvalue weighted by Gasteiger charge is 2.35. The number of methoxy groups -OCH3 is 2. The molecule has 0 spiro atoms. The average molecular weight is 335 g/mol. The number of carbonyl (C=O) groups is 1. The van der Waals surface area contributed by atoms with Crippen molar-refractivity contribution in [3.8, 4) is 22.8 Å². The second kappa shape index (κ2) is 5.98. The molecule has 0 fully saturated rings. The van der Waals surface area contributed by atoms with Crippen molar-refractivity contribution >= 4 is 5.91 Å². The molecule has 1 aliphatic rings. The van der Waals surface area contributed by atoms with E-state index in [1.54, 1.807) is 14.2 Å². The first-order valence-corrected chi connectivity index (χ1v) is 7.88. The van der Waals surface area contributed by atoms with E-state index in [0.717, 1.165) is 33.9 Å². The lowest BCUT2D eigenvalue weighted by molar-refractivity contribution is 0.0955. The van der Waals surface area contributed by atoms with Gasteiger partial charge in [0.05, 0.1) is 26.0 Å². The first-order chi connectivity index (χ1) is 12.2. The van der Waals surface area contributed by atoms with E-state index in [2.05, 4.69) is 15.5 Å². The molecule has 2 N–H and O–H groups in total. The van der Waals surface area contributed by atoms with Crippen LogP contribution in [0.3, 0.4) is 0 Å². The zero-order valence-corrected chi connectivity index (χ0v) is 13.9. The molecule has 3 aromatic rings. The first kappa shape index (κ1) is 15.3. The van der Waals surface area contributed by atoms with Crippen LogP contribution in [0.1, 0.15) is 27.7 Å². The molecule has 0 radical (unpaired) electrons. The lowest BCUT2D eigenvalue weighted by Crippen LogP contribution is -2.21. The SMILES string of the molecule is COc1ccc(-c2n[nH]c3c2C(c2cccc(OC)c2)NC3=O)cc1. The largest absolute Gasteiger partial charge is 0.497 e. The van der Waals surface area contributed by atoms with Gasteiger partial charge in [0.2, 0.25) is 0 Å². The third-order valence-electron chi connectivity index (χ3n) is 4.39. The molecule has 0 bridgehead atoms. The number of carbonyl (C=O) groups excluding carboxylic acids is 1. The van der Waals surface area contributed by atoms with Crippen LogP contribution in [0.5, 0.6) is 11.5 Å². The van der Waals surface area contributed by atoms with Crippen LogP contribution in [0.15, 0.2) is 48.5 Å². The molecule has 1 amide bonds. The minimum atomic E-state index is -0.270. The molecule has 6 nitrogen and oxygen atoms in total. The predicted molar refractivity (Wildman–Crippen MR) is 92.9 cm³/mol. The van der Waals surface area contributed by atoms with Gasteiger partial charge in [-0.3, -0.25) is 9.89 Å². The highest BCUT2D eigenvalue weighted by molar-refractivity contribution is 6.00. The number of benzene rings is 2. The Hall–Kier alpha value is -3.28.